The van der Waals surface area contributed by atoms with Crippen molar-refractivity contribution in [1.82, 2.24) is 15.1 Å². The number of hydrogen-bond donors (Lipinski definition) is 2. The number of carbonyl (C=O) groups is 2. The third-order valence-corrected chi connectivity index (χ3v) is 2.81. The fourth-order valence-corrected chi connectivity index (χ4v) is 1.77. The highest BCUT2D eigenvalue weighted by molar-refractivity contribution is 5.92. The number of nitrogens with zero attached hydrogens (tertiary/aromatic N) is 2. The molecule has 1 aromatic rings. The van der Waals surface area contributed by atoms with Crippen molar-refractivity contribution in [2.75, 3.05) is 6.54 Å². The summed E-state index contributed by atoms with van der Waals surface area (Å²) in [6.45, 7) is 3.88. The van der Waals surface area contributed by atoms with E-state index in [2.05, 4.69) is 10.4 Å². The molecule has 0 radical (unpaired) electrons. The van der Waals surface area contributed by atoms with Crippen molar-refractivity contribution in [3.05, 3.63) is 28.2 Å². The number of amides is 1. The Hall–Kier alpha value is -2.18. The van der Waals surface area contributed by atoms with Gasteiger partial charge in [-0.2, -0.15) is 5.10 Å². The van der Waals surface area contributed by atoms with Crippen molar-refractivity contribution < 1.29 is 14.7 Å². The van der Waals surface area contributed by atoms with Gasteiger partial charge in [-0.15, -0.1) is 0 Å². The van der Waals surface area contributed by atoms with E-state index in [1.54, 1.807) is 0 Å². The van der Waals surface area contributed by atoms with Crippen LogP contribution in [-0.4, -0.2) is 33.3 Å². The molecule has 7 heteroatoms. The average molecular weight is 281 g/mol. The summed E-state index contributed by atoms with van der Waals surface area (Å²) in [4.78, 5) is 34.1. The topological polar surface area (TPSA) is 101 Å². The average Bonchev–Trinajstić information content (AvgIpc) is 2.36. The number of nitrogens with one attached hydrogen (secondary N) is 1. The van der Waals surface area contributed by atoms with Gasteiger partial charge in [0.05, 0.1) is 5.92 Å². The molecule has 110 valence electrons. The summed E-state index contributed by atoms with van der Waals surface area (Å²) < 4.78 is 1.05. The van der Waals surface area contributed by atoms with Gasteiger partial charge in [-0.25, -0.2) is 4.68 Å². The highest BCUT2D eigenvalue weighted by Crippen LogP contribution is 2.11. The van der Waals surface area contributed by atoms with Gasteiger partial charge in [-0.05, 0) is 18.4 Å². The molecule has 1 heterocycles. The van der Waals surface area contributed by atoms with Crippen molar-refractivity contribution >= 4 is 11.9 Å². The van der Waals surface area contributed by atoms with Crippen molar-refractivity contribution in [3.8, 4) is 0 Å². The van der Waals surface area contributed by atoms with E-state index < -0.39 is 17.8 Å². The summed E-state index contributed by atoms with van der Waals surface area (Å²) in [6.07, 6.45) is 0.482. The van der Waals surface area contributed by atoms with E-state index in [0.717, 1.165) is 4.68 Å². The summed E-state index contributed by atoms with van der Waals surface area (Å²) >= 11 is 0. The van der Waals surface area contributed by atoms with Crippen LogP contribution in [0.25, 0.3) is 0 Å². The zero-order valence-corrected chi connectivity index (χ0v) is 11.8. The summed E-state index contributed by atoms with van der Waals surface area (Å²) in [7, 11) is 1.44. The van der Waals surface area contributed by atoms with Crippen LogP contribution in [0.4, 0.5) is 0 Å². The lowest BCUT2D eigenvalue weighted by molar-refractivity contribution is -0.142. The van der Waals surface area contributed by atoms with Gasteiger partial charge in [0.25, 0.3) is 11.5 Å². The van der Waals surface area contributed by atoms with E-state index in [0.29, 0.717) is 6.42 Å². The Morgan fingerprint density at radius 2 is 2.05 bits per heavy atom. The molecule has 7 nitrogen and oxygen atoms in total. The molecule has 1 aromatic heterocycles. The predicted molar refractivity (Wildman–Crippen MR) is 72.4 cm³/mol. The highest BCUT2D eigenvalue weighted by Gasteiger charge is 2.20. The van der Waals surface area contributed by atoms with Gasteiger partial charge in [0, 0.05) is 19.7 Å². The Kier molecular flexibility index (Phi) is 5.42. The molecule has 0 saturated carbocycles. The molecule has 1 atom stereocenters. The fourth-order valence-electron chi connectivity index (χ4n) is 1.77. The largest absolute Gasteiger partial charge is 0.481 e. The van der Waals surface area contributed by atoms with Gasteiger partial charge in [0.1, 0.15) is 5.69 Å². The summed E-state index contributed by atoms with van der Waals surface area (Å²) in [5.74, 6) is -1.84. The maximum Gasteiger partial charge on any atom is 0.308 e. The first kappa shape index (κ1) is 15.9. The number of aryl methyl sites for hydroxylation is 1. The van der Waals surface area contributed by atoms with Gasteiger partial charge in [-0.1, -0.05) is 13.8 Å². The second-order valence-electron chi connectivity index (χ2n) is 5.06. The molecule has 1 amide bonds. The molecule has 0 aromatic carbocycles. The van der Waals surface area contributed by atoms with Crippen LogP contribution < -0.4 is 10.9 Å². The normalized spacial score (nSPS) is 12.2. The Morgan fingerprint density at radius 1 is 1.40 bits per heavy atom. The Morgan fingerprint density at radius 3 is 2.55 bits per heavy atom. The number of hydrogen-bond acceptors (Lipinski definition) is 4. The number of carbonyl (C=O) groups excluding carboxylic acids is 1. The molecular formula is C13H19N3O4. The zero-order valence-electron chi connectivity index (χ0n) is 11.8. The molecule has 0 spiro atoms. The quantitative estimate of drug-likeness (QED) is 0.778. The van der Waals surface area contributed by atoms with Crippen molar-refractivity contribution in [2.45, 2.75) is 20.3 Å². The molecule has 0 fully saturated rings. The molecule has 0 bridgehead atoms. The lowest BCUT2D eigenvalue weighted by atomic mass is 9.97. The number of carboxylic acids is 1. The van der Waals surface area contributed by atoms with Crippen LogP contribution in [-0.2, 0) is 11.8 Å². The van der Waals surface area contributed by atoms with Crippen LogP contribution in [0.15, 0.2) is 16.9 Å². The predicted octanol–water partition coefficient (Wildman–Crippen LogP) is 0.257. The zero-order chi connectivity index (χ0) is 15.3. The van der Waals surface area contributed by atoms with E-state index in [9.17, 15) is 14.4 Å². The van der Waals surface area contributed by atoms with Crippen LogP contribution in [0.1, 0.15) is 30.8 Å². The third-order valence-electron chi connectivity index (χ3n) is 2.81. The SMILES string of the molecule is CC(C)CC(CNC(=O)c1ccc(=O)n(C)n1)C(=O)O. The number of rotatable bonds is 6. The van der Waals surface area contributed by atoms with Gasteiger partial charge in [0.15, 0.2) is 0 Å². The second-order valence-corrected chi connectivity index (χ2v) is 5.06. The summed E-state index contributed by atoms with van der Waals surface area (Å²) in [5.41, 5.74) is -0.231. The maximum atomic E-state index is 11.8. The standard InChI is InChI=1S/C13H19N3O4/c1-8(2)6-9(13(19)20)7-14-12(18)10-4-5-11(17)16(3)15-10/h4-5,8-9H,6-7H2,1-3H3,(H,14,18)(H,19,20). The van der Waals surface area contributed by atoms with E-state index in [-0.39, 0.29) is 23.7 Å². The Balaban J connectivity index is 2.67. The molecule has 0 saturated heterocycles. The van der Waals surface area contributed by atoms with Crippen molar-refractivity contribution in [2.24, 2.45) is 18.9 Å². The monoisotopic (exact) mass is 281 g/mol. The minimum absolute atomic E-state index is 0.0386. The van der Waals surface area contributed by atoms with Gasteiger partial charge < -0.3 is 10.4 Å². The molecule has 2 N–H and O–H groups in total. The first-order chi connectivity index (χ1) is 9.31. The fraction of sp³-hybridized carbons (Fsp3) is 0.538. The lowest BCUT2D eigenvalue weighted by Gasteiger charge is -2.15. The van der Waals surface area contributed by atoms with Crippen LogP contribution in [0.3, 0.4) is 0 Å². The maximum absolute atomic E-state index is 11.8. The van der Waals surface area contributed by atoms with Gasteiger partial charge >= 0.3 is 5.97 Å². The first-order valence-electron chi connectivity index (χ1n) is 6.36. The lowest BCUT2D eigenvalue weighted by Crippen LogP contribution is -2.35. The third kappa shape index (κ3) is 4.49. The number of aliphatic carboxylic acids is 1. The molecule has 0 aliphatic heterocycles. The Labute approximate surface area is 116 Å². The number of carboxylic acid groups (broad SMARTS) is 1. The highest BCUT2D eigenvalue weighted by atomic mass is 16.4. The van der Waals surface area contributed by atoms with E-state index >= 15 is 0 Å². The Bertz CT molecular complexity index is 551. The van der Waals surface area contributed by atoms with Crippen molar-refractivity contribution in [1.29, 1.82) is 0 Å². The van der Waals surface area contributed by atoms with Crippen LogP contribution in [0, 0.1) is 11.8 Å². The molecule has 1 rings (SSSR count). The minimum Gasteiger partial charge on any atom is -0.481 e. The summed E-state index contributed by atoms with van der Waals surface area (Å²) in [5, 5.41) is 15.4. The second kappa shape index (κ2) is 6.83. The molecular weight excluding hydrogens is 262 g/mol. The van der Waals surface area contributed by atoms with Crippen molar-refractivity contribution in [3.63, 3.8) is 0 Å². The van der Waals surface area contributed by atoms with E-state index in [1.165, 1.54) is 19.2 Å². The van der Waals surface area contributed by atoms with Gasteiger partial charge in [-0.3, -0.25) is 14.4 Å². The van der Waals surface area contributed by atoms with Crippen LogP contribution in [0.2, 0.25) is 0 Å². The molecule has 1 unspecified atom stereocenters. The summed E-state index contributed by atoms with van der Waals surface area (Å²) in [6, 6.07) is 2.56. The van der Waals surface area contributed by atoms with E-state index in [1.807, 2.05) is 13.8 Å². The number of aromatic nitrogens is 2. The van der Waals surface area contributed by atoms with Gasteiger partial charge in [0.2, 0.25) is 0 Å². The van der Waals surface area contributed by atoms with Crippen LogP contribution in [0.5, 0.6) is 0 Å². The van der Waals surface area contributed by atoms with E-state index in [4.69, 9.17) is 5.11 Å². The smallest absolute Gasteiger partial charge is 0.308 e. The molecule has 20 heavy (non-hydrogen) atoms. The molecule has 0 aliphatic rings. The van der Waals surface area contributed by atoms with Crippen LogP contribution >= 0.6 is 0 Å². The first-order valence-corrected chi connectivity index (χ1v) is 6.36. The molecule has 0 aliphatic carbocycles. The minimum atomic E-state index is -0.938.